The second-order valence-corrected chi connectivity index (χ2v) is 4.47. The topological polar surface area (TPSA) is 33.6 Å². The SMILES string of the molecule is FC(F)C(F)(F)c1n[nH]c(=S)n1C1CCCC1. The van der Waals surface area contributed by atoms with Gasteiger partial charge in [0, 0.05) is 6.04 Å². The van der Waals surface area contributed by atoms with Crippen molar-refractivity contribution in [3.8, 4) is 0 Å². The molecular weight excluding hydrogens is 258 g/mol. The molecule has 1 aliphatic rings. The summed E-state index contributed by atoms with van der Waals surface area (Å²) in [5.41, 5.74) is 0. The Morgan fingerprint density at radius 2 is 1.94 bits per heavy atom. The van der Waals surface area contributed by atoms with Crippen molar-refractivity contribution in [1.29, 1.82) is 0 Å². The lowest BCUT2D eigenvalue weighted by Crippen LogP contribution is -2.29. The molecule has 1 N–H and O–H groups in total. The lowest BCUT2D eigenvalue weighted by Gasteiger charge is -2.19. The van der Waals surface area contributed by atoms with E-state index in [0.29, 0.717) is 12.8 Å². The standard InChI is InChI=1S/C9H11F4N3S/c10-6(11)9(12,13)7-14-15-8(17)16(7)5-3-1-2-4-5/h5-6H,1-4H2,(H,15,17). The Morgan fingerprint density at radius 3 is 2.47 bits per heavy atom. The average Bonchev–Trinajstić information content (AvgIpc) is 2.85. The first-order valence-corrected chi connectivity index (χ1v) is 5.68. The highest BCUT2D eigenvalue weighted by Crippen LogP contribution is 2.38. The van der Waals surface area contributed by atoms with Gasteiger partial charge in [-0.2, -0.15) is 13.9 Å². The first-order valence-electron chi connectivity index (χ1n) is 5.28. The van der Waals surface area contributed by atoms with Crippen LogP contribution in [0.1, 0.15) is 37.5 Å². The van der Waals surface area contributed by atoms with Crippen LogP contribution in [-0.4, -0.2) is 21.2 Å². The summed E-state index contributed by atoms with van der Waals surface area (Å²) in [5, 5.41) is 5.45. The molecule has 0 spiro atoms. The van der Waals surface area contributed by atoms with Crippen LogP contribution in [0.5, 0.6) is 0 Å². The van der Waals surface area contributed by atoms with E-state index in [1.807, 2.05) is 0 Å². The van der Waals surface area contributed by atoms with Crippen LogP contribution >= 0.6 is 12.2 Å². The Kier molecular flexibility index (Phi) is 3.24. The van der Waals surface area contributed by atoms with Crippen LogP contribution in [0, 0.1) is 4.77 Å². The van der Waals surface area contributed by atoms with Crippen LogP contribution in [-0.2, 0) is 5.92 Å². The monoisotopic (exact) mass is 269 g/mol. The number of aromatic nitrogens is 3. The zero-order valence-electron chi connectivity index (χ0n) is 8.80. The molecule has 96 valence electrons. The molecule has 0 bridgehead atoms. The van der Waals surface area contributed by atoms with Crippen molar-refractivity contribution >= 4 is 12.2 Å². The van der Waals surface area contributed by atoms with E-state index in [-0.39, 0.29) is 10.8 Å². The molecule has 1 aliphatic carbocycles. The molecule has 8 heteroatoms. The minimum atomic E-state index is -4.27. The molecule has 0 saturated heterocycles. The zero-order chi connectivity index (χ0) is 12.6. The summed E-state index contributed by atoms with van der Waals surface area (Å²) in [5.74, 6) is -5.22. The van der Waals surface area contributed by atoms with Crippen molar-refractivity contribution in [2.45, 2.75) is 44.1 Å². The van der Waals surface area contributed by atoms with Gasteiger partial charge in [0.1, 0.15) is 0 Å². The number of H-pyrrole nitrogens is 1. The zero-order valence-corrected chi connectivity index (χ0v) is 9.61. The molecule has 3 nitrogen and oxygen atoms in total. The summed E-state index contributed by atoms with van der Waals surface area (Å²) in [7, 11) is 0. The third-order valence-corrected chi connectivity index (χ3v) is 3.25. The Balaban J connectivity index is 2.45. The number of halogens is 4. The molecule has 0 atom stereocenters. The van der Waals surface area contributed by atoms with Gasteiger partial charge < -0.3 is 0 Å². The Labute approximate surface area is 99.8 Å². The fourth-order valence-electron chi connectivity index (χ4n) is 2.14. The first kappa shape index (κ1) is 12.5. The van der Waals surface area contributed by atoms with Gasteiger partial charge in [-0.15, -0.1) is 0 Å². The molecule has 0 aliphatic heterocycles. The van der Waals surface area contributed by atoms with Gasteiger partial charge in [0.2, 0.25) is 5.82 Å². The Morgan fingerprint density at radius 1 is 1.35 bits per heavy atom. The van der Waals surface area contributed by atoms with Crippen molar-refractivity contribution < 1.29 is 17.6 Å². The molecular formula is C9H11F4N3S. The van der Waals surface area contributed by atoms with Crippen LogP contribution in [0.15, 0.2) is 0 Å². The lowest BCUT2D eigenvalue weighted by molar-refractivity contribution is -0.143. The third kappa shape index (κ3) is 2.10. The molecule has 1 fully saturated rings. The largest absolute Gasteiger partial charge is 0.365 e. The fourth-order valence-corrected chi connectivity index (χ4v) is 2.42. The van der Waals surface area contributed by atoms with Crippen LogP contribution in [0.3, 0.4) is 0 Å². The quantitative estimate of drug-likeness (QED) is 0.674. The lowest BCUT2D eigenvalue weighted by atomic mass is 10.2. The predicted molar refractivity (Wildman–Crippen MR) is 54.8 cm³/mol. The molecule has 2 rings (SSSR count). The molecule has 1 saturated carbocycles. The van der Waals surface area contributed by atoms with E-state index in [9.17, 15) is 17.6 Å². The molecule has 1 aromatic heterocycles. The molecule has 0 radical (unpaired) electrons. The number of nitrogens with one attached hydrogen (secondary N) is 1. The van der Waals surface area contributed by atoms with E-state index < -0.39 is 18.2 Å². The second-order valence-electron chi connectivity index (χ2n) is 4.08. The maximum absolute atomic E-state index is 13.3. The Hall–Kier alpha value is -0.920. The minimum absolute atomic E-state index is 0.0211. The summed E-state index contributed by atoms with van der Waals surface area (Å²) < 4.78 is 52.3. The summed E-state index contributed by atoms with van der Waals surface area (Å²) >= 11 is 4.83. The Bertz CT molecular complexity index is 447. The van der Waals surface area contributed by atoms with Gasteiger partial charge in [0.15, 0.2) is 4.77 Å². The summed E-state index contributed by atoms with van der Waals surface area (Å²) in [6.07, 6.45) is -0.678. The average molecular weight is 269 g/mol. The molecule has 1 heterocycles. The van der Waals surface area contributed by atoms with E-state index in [1.165, 1.54) is 0 Å². The maximum atomic E-state index is 13.3. The number of hydrogen-bond acceptors (Lipinski definition) is 2. The number of hydrogen-bond donors (Lipinski definition) is 1. The predicted octanol–water partition coefficient (Wildman–Crippen LogP) is 3.41. The second kappa shape index (κ2) is 4.40. The number of rotatable bonds is 3. The molecule has 17 heavy (non-hydrogen) atoms. The highest BCUT2D eigenvalue weighted by atomic mass is 32.1. The number of aromatic amines is 1. The fraction of sp³-hybridized carbons (Fsp3) is 0.778. The molecule has 0 unspecified atom stereocenters. The number of nitrogens with zero attached hydrogens (tertiary/aromatic N) is 2. The third-order valence-electron chi connectivity index (χ3n) is 2.97. The van der Waals surface area contributed by atoms with Gasteiger partial charge in [-0.3, -0.25) is 9.67 Å². The van der Waals surface area contributed by atoms with Gasteiger partial charge in [-0.1, -0.05) is 12.8 Å². The van der Waals surface area contributed by atoms with E-state index in [4.69, 9.17) is 12.2 Å². The van der Waals surface area contributed by atoms with Crippen molar-refractivity contribution in [3.63, 3.8) is 0 Å². The van der Waals surface area contributed by atoms with Crippen molar-refractivity contribution in [3.05, 3.63) is 10.6 Å². The van der Waals surface area contributed by atoms with Gasteiger partial charge in [-0.25, -0.2) is 8.78 Å². The maximum Gasteiger partial charge on any atom is 0.365 e. The molecule has 0 aromatic carbocycles. The van der Waals surface area contributed by atoms with E-state index in [1.54, 1.807) is 0 Å². The van der Waals surface area contributed by atoms with E-state index in [2.05, 4.69) is 10.2 Å². The van der Waals surface area contributed by atoms with Gasteiger partial charge in [0.05, 0.1) is 0 Å². The highest BCUT2D eigenvalue weighted by Gasteiger charge is 2.48. The van der Waals surface area contributed by atoms with Crippen molar-refractivity contribution in [2.75, 3.05) is 0 Å². The van der Waals surface area contributed by atoms with Crippen LogP contribution in [0.2, 0.25) is 0 Å². The van der Waals surface area contributed by atoms with Crippen LogP contribution < -0.4 is 0 Å². The summed E-state index contributed by atoms with van der Waals surface area (Å²) in [6, 6.07) is -0.249. The first-order chi connectivity index (χ1) is 7.94. The highest BCUT2D eigenvalue weighted by molar-refractivity contribution is 7.71. The summed E-state index contributed by atoms with van der Waals surface area (Å²) in [4.78, 5) is 0. The normalized spacial score (nSPS) is 18.2. The van der Waals surface area contributed by atoms with Gasteiger partial charge in [-0.05, 0) is 25.1 Å². The van der Waals surface area contributed by atoms with Gasteiger partial charge in [0.25, 0.3) is 0 Å². The van der Waals surface area contributed by atoms with Gasteiger partial charge >= 0.3 is 12.3 Å². The summed E-state index contributed by atoms with van der Waals surface area (Å²) in [6.45, 7) is 0. The van der Waals surface area contributed by atoms with Crippen molar-refractivity contribution in [2.24, 2.45) is 0 Å². The van der Waals surface area contributed by atoms with E-state index in [0.717, 1.165) is 17.4 Å². The molecule has 1 aromatic rings. The minimum Gasteiger partial charge on any atom is -0.296 e. The van der Waals surface area contributed by atoms with Crippen LogP contribution in [0.25, 0.3) is 0 Å². The molecule has 0 amide bonds. The van der Waals surface area contributed by atoms with Crippen LogP contribution in [0.4, 0.5) is 17.6 Å². The van der Waals surface area contributed by atoms with E-state index >= 15 is 0 Å². The van der Waals surface area contributed by atoms with Crippen molar-refractivity contribution in [1.82, 2.24) is 14.8 Å². The number of alkyl halides is 4. The smallest absolute Gasteiger partial charge is 0.296 e.